The van der Waals surface area contributed by atoms with Crippen molar-refractivity contribution in [3.8, 4) is 0 Å². The monoisotopic (exact) mass is 313 g/mol. The van der Waals surface area contributed by atoms with Crippen LogP contribution in [0.5, 0.6) is 0 Å². The van der Waals surface area contributed by atoms with Gasteiger partial charge in [-0.15, -0.1) is 0 Å². The molecule has 23 heavy (non-hydrogen) atoms. The first-order valence-corrected chi connectivity index (χ1v) is 8.53. The largest absolute Gasteiger partial charge is 0.337 e. The van der Waals surface area contributed by atoms with Crippen LogP contribution in [0.1, 0.15) is 53.6 Å². The van der Waals surface area contributed by atoms with Gasteiger partial charge in [0, 0.05) is 43.6 Å². The van der Waals surface area contributed by atoms with Crippen LogP contribution in [0, 0.1) is 12.8 Å². The Bertz CT molecular complexity index is 699. The van der Waals surface area contributed by atoms with Gasteiger partial charge in [0.1, 0.15) is 11.5 Å². The average Bonchev–Trinajstić information content (AvgIpc) is 3.07. The van der Waals surface area contributed by atoms with E-state index in [2.05, 4.69) is 25.9 Å². The second-order valence-electron chi connectivity index (χ2n) is 6.91. The molecule has 2 aromatic heterocycles. The van der Waals surface area contributed by atoms with Crippen molar-refractivity contribution < 1.29 is 4.79 Å². The highest BCUT2D eigenvalue weighted by Crippen LogP contribution is 2.33. The average molecular weight is 313 g/mol. The summed E-state index contributed by atoms with van der Waals surface area (Å²) in [5.74, 6) is 2.34. The third-order valence-corrected chi connectivity index (χ3v) is 4.90. The minimum absolute atomic E-state index is 0.0272. The van der Waals surface area contributed by atoms with Crippen LogP contribution in [-0.2, 0) is 6.54 Å². The van der Waals surface area contributed by atoms with Gasteiger partial charge in [-0.1, -0.05) is 0 Å². The van der Waals surface area contributed by atoms with Gasteiger partial charge in [-0.3, -0.25) is 9.89 Å². The number of carbonyl (C=O) groups excluding carboxylic acids is 1. The highest BCUT2D eigenvalue weighted by molar-refractivity contribution is 5.92. The molecule has 2 aromatic rings. The summed E-state index contributed by atoms with van der Waals surface area (Å²) in [5.41, 5.74) is 1.44. The number of H-pyrrole nitrogens is 1. The summed E-state index contributed by atoms with van der Waals surface area (Å²) in [6.07, 6.45) is 8.79. The fraction of sp³-hybridized carbons (Fsp3) is 0.588. The lowest BCUT2D eigenvalue weighted by molar-refractivity contribution is 0.0697. The predicted molar refractivity (Wildman–Crippen MR) is 86.2 cm³/mol. The Morgan fingerprint density at radius 1 is 1.39 bits per heavy atom. The maximum absolute atomic E-state index is 12.6. The van der Waals surface area contributed by atoms with Crippen LogP contribution in [0.15, 0.2) is 18.5 Å². The van der Waals surface area contributed by atoms with E-state index in [0.717, 1.165) is 49.9 Å². The number of hydrogen-bond donors (Lipinski definition) is 1. The third-order valence-electron chi connectivity index (χ3n) is 4.90. The number of piperidine rings is 1. The first-order chi connectivity index (χ1) is 11.2. The minimum Gasteiger partial charge on any atom is -0.337 e. The lowest BCUT2D eigenvalue weighted by atomic mass is 9.96. The number of likely N-dealkylation sites (tertiary alicyclic amines) is 1. The smallest absolute Gasteiger partial charge is 0.274 e. The molecular formula is C17H23N5O. The molecular weight excluding hydrogens is 290 g/mol. The molecule has 1 aliphatic heterocycles. The van der Waals surface area contributed by atoms with Crippen molar-refractivity contribution in [1.29, 1.82) is 0 Å². The third kappa shape index (κ3) is 3.02. The molecule has 0 bridgehead atoms. The summed E-state index contributed by atoms with van der Waals surface area (Å²) < 4.78 is 2.30. The summed E-state index contributed by atoms with van der Waals surface area (Å²) in [6.45, 7) is 4.55. The SMILES string of the molecule is Cc1cc(C(=O)N2CCC[C@@H](c3nccn3CC3CC3)C2)n[nH]1. The molecule has 6 heteroatoms. The van der Waals surface area contributed by atoms with E-state index in [4.69, 9.17) is 0 Å². The Labute approximate surface area is 135 Å². The molecule has 1 saturated carbocycles. The standard InChI is InChI=1S/C17H23N5O/c1-12-9-15(20-19-12)17(23)22-7-2-3-14(11-22)16-18-6-8-21(16)10-13-4-5-13/h6,8-9,13-14H,2-5,7,10-11H2,1H3,(H,19,20)/t14-/m1/s1. The van der Waals surface area contributed by atoms with Crippen molar-refractivity contribution >= 4 is 5.91 Å². The summed E-state index contributed by atoms with van der Waals surface area (Å²) in [5, 5.41) is 6.96. The Morgan fingerprint density at radius 2 is 2.26 bits per heavy atom. The number of carbonyl (C=O) groups is 1. The molecule has 1 saturated heterocycles. The molecule has 6 nitrogen and oxygen atoms in total. The quantitative estimate of drug-likeness (QED) is 0.942. The molecule has 2 aliphatic rings. The van der Waals surface area contributed by atoms with Gasteiger partial charge in [-0.25, -0.2) is 4.98 Å². The van der Waals surface area contributed by atoms with Gasteiger partial charge in [-0.2, -0.15) is 5.10 Å². The molecule has 0 radical (unpaired) electrons. The lowest BCUT2D eigenvalue weighted by Gasteiger charge is -2.32. The molecule has 1 aliphatic carbocycles. The van der Waals surface area contributed by atoms with Crippen LogP contribution in [0.25, 0.3) is 0 Å². The van der Waals surface area contributed by atoms with Crippen LogP contribution in [-0.4, -0.2) is 43.6 Å². The second kappa shape index (κ2) is 5.83. The van der Waals surface area contributed by atoms with E-state index >= 15 is 0 Å². The van der Waals surface area contributed by atoms with Gasteiger partial charge >= 0.3 is 0 Å². The van der Waals surface area contributed by atoms with E-state index in [0.29, 0.717) is 11.6 Å². The van der Waals surface area contributed by atoms with Crippen LogP contribution < -0.4 is 0 Å². The molecule has 4 rings (SSSR count). The molecule has 1 amide bonds. The van der Waals surface area contributed by atoms with Gasteiger partial charge < -0.3 is 9.47 Å². The number of aromatic nitrogens is 4. The minimum atomic E-state index is 0.0272. The van der Waals surface area contributed by atoms with Crippen molar-refractivity contribution in [1.82, 2.24) is 24.6 Å². The Morgan fingerprint density at radius 3 is 3.00 bits per heavy atom. The summed E-state index contributed by atoms with van der Waals surface area (Å²) >= 11 is 0. The first-order valence-electron chi connectivity index (χ1n) is 8.53. The second-order valence-corrected chi connectivity index (χ2v) is 6.91. The van der Waals surface area contributed by atoms with Crippen LogP contribution in [0.2, 0.25) is 0 Å². The maximum Gasteiger partial charge on any atom is 0.274 e. The zero-order valence-corrected chi connectivity index (χ0v) is 13.5. The number of hydrogen-bond acceptors (Lipinski definition) is 3. The lowest BCUT2D eigenvalue weighted by Crippen LogP contribution is -2.40. The first kappa shape index (κ1) is 14.5. The van der Waals surface area contributed by atoms with Crippen LogP contribution in [0.3, 0.4) is 0 Å². The summed E-state index contributed by atoms with van der Waals surface area (Å²) in [4.78, 5) is 19.1. The van der Waals surface area contributed by atoms with E-state index in [1.165, 1.54) is 12.8 Å². The fourth-order valence-corrected chi connectivity index (χ4v) is 3.48. The highest BCUT2D eigenvalue weighted by Gasteiger charge is 2.30. The topological polar surface area (TPSA) is 66.8 Å². The number of nitrogens with one attached hydrogen (secondary N) is 1. The Kier molecular flexibility index (Phi) is 3.67. The van der Waals surface area contributed by atoms with Crippen molar-refractivity contribution in [3.05, 3.63) is 35.7 Å². The Hall–Kier alpha value is -2.11. The number of imidazole rings is 1. The number of aryl methyl sites for hydroxylation is 1. The normalized spacial score (nSPS) is 21.6. The molecule has 122 valence electrons. The number of nitrogens with zero attached hydrogens (tertiary/aromatic N) is 4. The van der Waals surface area contributed by atoms with Crippen LogP contribution >= 0.6 is 0 Å². The van der Waals surface area contributed by atoms with Crippen molar-refractivity contribution in [3.63, 3.8) is 0 Å². The van der Waals surface area contributed by atoms with E-state index < -0.39 is 0 Å². The van der Waals surface area contributed by atoms with Gasteiger partial charge in [0.05, 0.1) is 0 Å². The van der Waals surface area contributed by atoms with Crippen molar-refractivity contribution in [2.75, 3.05) is 13.1 Å². The van der Waals surface area contributed by atoms with Crippen molar-refractivity contribution in [2.45, 2.75) is 45.1 Å². The molecule has 0 aromatic carbocycles. The summed E-state index contributed by atoms with van der Waals surface area (Å²) in [6, 6.07) is 1.82. The number of amides is 1. The zero-order valence-electron chi connectivity index (χ0n) is 13.5. The van der Waals surface area contributed by atoms with E-state index in [-0.39, 0.29) is 5.91 Å². The fourth-order valence-electron chi connectivity index (χ4n) is 3.48. The van der Waals surface area contributed by atoms with E-state index in [1.807, 2.05) is 24.1 Å². The molecule has 3 heterocycles. The molecule has 1 atom stereocenters. The van der Waals surface area contributed by atoms with Gasteiger partial charge in [0.25, 0.3) is 5.91 Å². The van der Waals surface area contributed by atoms with Gasteiger partial charge in [-0.05, 0) is 44.6 Å². The number of rotatable bonds is 4. The molecule has 0 unspecified atom stereocenters. The molecule has 0 spiro atoms. The Balaban J connectivity index is 1.48. The van der Waals surface area contributed by atoms with E-state index in [9.17, 15) is 4.79 Å². The number of aromatic amines is 1. The summed E-state index contributed by atoms with van der Waals surface area (Å²) in [7, 11) is 0. The van der Waals surface area contributed by atoms with Gasteiger partial charge in [0.15, 0.2) is 0 Å². The molecule has 2 fully saturated rings. The highest BCUT2D eigenvalue weighted by atomic mass is 16.2. The predicted octanol–water partition coefficient (Wildman–Crippen LogP) is 2.34. The van der Waals surface area contributed by atoms with Crippen molar-refractivity contribution in [2.24, 2.45) is 5.92 Å². The maximum atomic E-state index is 12.6. The van der Waals surface area contributed by atoms with E-state index in [1.54, 1.807) is 0 Å². The van der Waals surface area contributed by atoms with Crippen LogP contribution in [0.4, 0.5) is 0 Å². The zero-order chi connectivity index (χ0) is 15.8. The molecule has 1 N–H and O–H groups in total. The van der Waals surface area contributed by atoms with Gasteiger partial charge in [0.2, 0.25) is 0 Å².